The summed E-state index contributed by atoms with van der Waals surface area (Å²) in [7, 11) is 2.16. The molecule has 0 bridgehead atoms. The zero-order chi connectivity index (χ0) is 11.1. The third-order valence-electron chi connectivity index (χ3n) is 3.19. The highest BCUT2D eigenvalue weighted by atomic mass is 32.1. The van der Waals surface area contributed by atoms with E-state index in [0.29, 0.717) is 0 Å². The van der Waals surface area contributed by atoms with Crippen LogP contribution < -0.4 is 9.88 Å². The van der Waals surface area contributed by atoms with Gasteiger partial charge in [0, 0.05) is 25.6 Å². The molecule has 0 unspecified atom stereocenters. The summed E-state index contributed by atoms with van der Waals surface area (Å²) in [5.41, 5.74) is 3.99. The molecule has 2 nitrogen and oxygen atoms in total. The Morgan fingerprint density at radius 1 is 1.31 bits per heavy atom. The maximum absolute atomic E-state index is 3.50. The van der Waals surface area contributed by atoms with Crippen LogP contribution in [0.15, 0.2) is 24.3 Å². The van der Waals surface area contributed by atoms with Crippen LogP contribution in [0.2, 0.25) is 0 Å². The fourth-order valence-corrected chi connectivity index (χ4v) is 3.43. The van der Waals surface area contributed by atoms with E-state index in [1.165, 1.54) is 26.8 Å². The number of nitrogens with zero attached hydrogens (tertiary/aromatic N) is 1. The first-order chi connectivity index (χ1) is 7.77. The molecule has 1 aliphatic rings. The zero-order valence-corrected chi connectivity index (χ0v) is 10.4. The molecule has 0 amide bonds. The van der Waals surface area contributed by atoms with E-state index in [2.05, 4.69) is 48.1 Å². The van der Waals surface area contributed by atoms with Crippen LogP contribution in [-0.4, -0.2) is 6.54 Å². The number of aromatic nitrogens is 1. The highest BCUT2D eigenvalue weighted by Crippen LogP contribution is 2.34. The van der Waals surface area contributed by atoms with Gasteiger partial charge >= 0.3 is 0 Å². The summed E-state index contributed by atoms with van der Waals surface area (Å²) < 4.78 is 2.31. The van der Waals surface area contributed by atoms with E-state index < -0.39 is 0 Å². The third-order valence-corrected chi connectivity index (χ3v) is 4.41. The predicted molar refractivity (Wildman–Crippen MR) is 67.9 cm³/mol. The summed E-state index contributed by atoms with van der Waals surface area (Å²) in [6.45, 7) is 3.22. The number of rotatable bonds is 0. The lowest BCUT2D eigenvalue weighted by molar-refractivity contribution is -0.661. The fraction of sp³-hybridized carbons (Fsp3) is 0.308. The quantitative estimate of drug-likeness (QED) is 0.689. The lowest BCUT2D eigenvalue weighted by Crippen LogP contribution is -2.31. The van der Waals surface area contributed by atoms with Crippen molar-refractivity contribution in [3.8, 4) is 11.3 Å². The Bertz CT molecular complexity index is 543. The Hall–Kier alpha value is -1.35. The van der Waals surface area contributed by atoms with Crippen LogP contribution >= 0.6 is 11.3 Å². The van der Waals surface area contributed by atoms with E-state index in [0.717, 1.165) is 13.0 Å². The predicted octanol–water partition coefficient (Wildman–Crippen LogP) is 2.52. The number of anilines is 1. The minimum Gasteiger partial charge on any atom is -0.384 e. The molecule has 0 spiro atoms. The van der Waals surface area contributed by atoms with Gasteiger partial charge < -0.3 is 5.32 Å². The summed E-state index contributed by atoms with van der Waals surface area (Å²) in [5, 5.41) is 4.87. The SMILES string of the molecule is Cc1sc2c([n+]1C)-c1ccccc1NCC2. The molecular formula is C13H15N2S+. The topological polar surface area (TPSA) is 15.9 Å². The molecule has 2 heterocycles. The van der Waals surface area contributed by atoms with Gasteiger partial charge in [0.05, 0.1) is 10.4 Å². The van der Waals surface area contributed by atoms with Gasteiger partial charge in [0.25, 0.3) is 0 Å². The van der Waals surface area contributed by atoms with Crippen molar-refractivity contribution in [3.05, 3.63) is 34.2 Å². The molecule has 1 aliphatic heterocycles. The highest BCUT2D eigenvalue weighted by Gasteiger charge is 2.26. The van der Waals surface area contributed by atoms with Crippen LogP contribution in [0.5, 0.6) is 0 Å². The first-order valence-electron chi connectivity index (χ1n) is 5.59. The molecule has 3 rings (SSSR count). The van der Waals surface area contributed by atoms with Gasteiger partial charge in [0.15, 0.2) is 0 Å². The number of aryl methyl sites for hydroxylation is 1. The van der Waals surface area contributed by atoms with Crippen molar-refractivity contribution >= 4 is 17.0 Å². The van der Waals surface area contributed by atoms with E-state index in [-0.39, 0.29) is 0 Å². The highest BCUT2D eigenvalue weighted by molar-refractivity contribution is 7.11. The van der Waals surface area contributed by atoms with Gasteiger partial charge in [-0.3, -0.25) is 0 Å². The molecule has 0 atom stereocenters. The third kappa shape index (κ3) is 1.35. The van der Waals surface area contributed by atoms with Gasteiger partial charge in [-0.25, -0.2) is 0 Å². The van der Waals surface area contributed by atoms with Gasteiger partial charge in [-0.2, -0.15) is 4.57 Å². The van der Waals surface area contributed by atoms with Gasteiger partial charge in [-0.05, 0) is 12.1 Å². The first-order valence-corrected chi connectivity index (χ1v) is 6.40. The van der Waals surface area contributed by atoms with Gasteiger partial charge in [-0.15, -0.1) is 0 Å². The maximum atomic E-state index is 3.50. The number of nitrogens with one attached hydrogen (secondary N) is 1. The summed E-state index contributed by atoms with van der Waals surface area (Å²) in [6, 6.07) is 8.58. The van der Waals surface area contributed by atoms with E-state index in [1.54, 1.807) is 0 Å². The fourth-order valence-electron chi connectivity index (χ4n) is 2.29. The van der Waals surface area contributed by atoms with Crippen molar-refractivity contribution < 1.29 is 4.57 Å². The monoisotopic (exact) mass is 231 g/mol. The average molecular weight is 231 g/mol. The lowest BCUT2D eigenvalue weighted by atomic mass is 10.1. The molecule has 0 fully saturated rings. The van der Waals surface area contributed by atoms with Crippen LogP contribution in [0.4, 0.5) is 5.69 Å². The molecule has 1 N–H and O–H groups in total. The number of hydrogen-bond donors (Lipinski definition) is 1. The van der Waals surface area contributed by atoms with E-state index >= 15 is 0 Å². The number of hydrogen-bond acceptors (Lipinski definition) is 2. The van der Waals surface area contributed by atoms with Crippen LogP contribution in [0.25, 0.3) is 11.3 Å². The Kier molecular flexibility index (Phi) is 2.21. The molecule has 1 aromatic heterocycles. The molecule has 82 valence electrons. The second-order valence-corrected chi connectivity index (χ2v) is 5.46. The van der Waals surface area contributed by atoms with Crippen molar-refractivity contribution in [2.24, 2.45) is 7.05 Å². The zero-order valence-electron chi connectivity index (χ0n) is 9.58. The molecule has 2 aromatic rings. The summed E-state index contributed by atoms with van der Waals surface area (Å²) in [4.78, 5) is 1.50. The molecule has 0 saturated heterocycles. The number of fused-ring (bicyclic) bond motifs is 3. The van der Waals surface area contributed by atoms with E-state index in [4.69, 9.17) is 0 Å². The lowest BCUT2D eigenvalue weighted by Gasteiger charge is -2.05. The standard InChI is InChI=1S/C13H15N2S/c1-9-15(2)13-10-5-3-4-6-11(10)14-8-7-12(13)16-9/h3-6,14H,7-8H2,1-2H3/q+1. The van der Waals surface area contributed by atoms with E-state index in [1.807, 2.05) is 11.3 Å². The molecule has 1 aromatic carbocycles. The Labute approximate surface area is 99.6 Å². The van der Waals surface area contributed by atoms with Crippen LogP contribution in [0.1, 0.15) is 9.88 Å². The normalized spacial score (nSPS) is 13.6. The molecule has 0 aliphatic carbocycles. The maximum Gasteiger partial charge on any atom is 0.234 e. The van der Waals surface area contributed by atoms with Gasteiger partial charge in [0.1, 0.15) is 7.05 Å². The van der Waals surface area contributed by atoms with Crippen molar-refractivity contribution in [2.75, 3.05) is 11.9 Å². The van der Waals surface area contributed by atoms with Gasteiger partial charge in [0.2, 0.25) is 10.7 Å². The van der Waals surface area contributed by atoms with Crippen molar-refractivity contribution in [1.82, 2.24) is 0 Å². The molecular weight excluding hydrogens is 216 g/mol. The molecule has 3 heteroatoms. The van der Waals surface area contributed by atoms with Crippen molar-refractivity contribution in [2.45, 2.75) is 13.3 Å². The summed E-state index contributed by atoms with van der Waals surface area (Å²) in [5.74, 6) is 0. The Balaban J connectivity index is 2.32. The Morgan fingerprint density at radius 2 is 2.12 bits per heavy atom. The summed E-state index contributed by atoms with van der Waals surface area (Å²) >= 11 is 1.92. The smallest absolute Gasteiger partial charge is 0.234 e. The second-order valence-electron chi connectivity index (χ2n) is 4.17. The number of thiazole rings is 1. The van der Waals surface area contributed by atoms with Crippen LogP contribution in [-0.2, 0) is 13.5 Å². The first kappa shape index (κ1) is 9.85. The number of benzene rings is 1. The van der Waals surface area contributed by atoms with Crippen molar-refractivity contribution in [3.63, 3.8) is 0 Å². The minimum atomic E-state index is 1.03. The molecule has 0 saturated carbocycles. The Morgan fingerprint density at radius 3 is 3.00 bits per heavy atom. The molecule has 16 heavy (non-hydrogen) atoms. The summed E-state index contributed by atoms with van der Waals surface area (Å²) in [6.07, 6.45) is 1.12. The second kappa shape index (κ2) is 3.59. The van der Waals surface area contributed by atoms with E-state index in [9.17, 15) is 0 Å². The van der Waals surface area contributed by atoms with Crippen LogP contribution in [0.3, 0.4) is 0 Å². The number of para-hydroxylation sites is 1. The largest absolute Gasteiger partial charge is 0.384 e. The van der Waals surface area contributed by atoms with Gasteiger partial charge in [-0.1, -0.05) is 23.5 Å². The molecule has 0 radical (unpaired) electrons. The van der Waals surface area contributed by atoms with Crippen LogP contribution in [0, 0.1) is 6.92 Å². The minimum absolute atomic E-state index is 1.03. The van der Waals surface area contributed by atoms with Crippen molar-refractivity contribution in [1.29, 1.82) is 0 Å². The average Bonchev–Trinajstić information content (AvgIpc) is 2.49.